The second kappa shape index (κ2) is 5.26. The van der Waals surface area contributed by atoms with Crippen molar-refractivity contribution in [3.63, 3.8) is 0 Å². The Kier molecular flexibility index (Phi) is 3.73. The van der Waals surface area contributed by atoms with Gasteiger partial charge in [-0.25, -0.2) is 4.39 Å². The van der Waals surface area contributed by atoms with Crippen LogP contribution in [-0.2, 0) is 6.42 Å². The lowest BCUT2D eigenvalue weighted by atomic mass is 10.0. The SMILES string of the molecule is OC1C=C(Cc2cccc(F)c2)CCCC1. The predicted octanol–water partition coefficient (Wildman–Crippen LogP) is 3.23. The highest BCUT2D eigenvalue weighted by Gasteiger charge is 2.09. The van der Waals surface area contributed by atoms with E-state index in [9.17, 15) is 9.50 Å². The minimum Gasteiger partial charge on any atom is -0.389 e. The zero-order chi connectivity index (χ0) is 11.4. The Morgan fingerprint density at radius 2 is 2.19 bits per heavy atom. The third kappa shape index (κ3) is 3.17. The Morgan fingerprint density at radius 1 is 1.31 bits per heavy atom. The molecule has 1 nitrogen and oxygen atoms in total. The van der Waals surface area contributed by atoms with E-state index in [0.29, 0.717) is 0 Å². The summed E-state index contributed by atoms with van der Waals surface area (Å²) >= 11 is 0. The number of aliphatic hydroxyl groups is 1. The molecule has 16 heavy (non-hydrogen) atoms. The number of allylic oxidation sites excluding steroid dienone is 1. The number of aliphatic hydroxyl groups excluding tert-OH is 1. The molecule has 0 bridgehead atoms. The van der Waals surface area contributed by atoms with Gasteiger partial charge in [0.25, 0.3) is 0 Å². The monoisotopic (exact) mass is 220 g/mol. The number of rotatable bonds is 2. The van der Waals surface area contributed by atoms with E-state index in [2.05, 4.69) is 0 Å². The Morgan fingerprint density at radius 3 is 3.00 bits per heavy atom. The summed E-state index contributed by atoms with van der Waals surface area (Å²) in [7, 11) is 0. The topological polar surface area (TPSA) is 20.2 Å². The fraction of sp³-hybridized carbons (Fsp3) is 0.429. The van der Waals surface area contributed by atoms with Crippen LogP contribution in [0.5, 0.6) is 0 Å². The maximum atomic E-state index is 13.0. The van der Waals surface area contributed by atoms with Crippen LogP contribution >= 0.6 is 0 Å². The molecule has 1 aromatic carbocycles. The van der Waals surface area contributed by atoms with Crippen LogP contribution in [0.15, 0.2) is 35.9 Å². The predicted molar refractivity (Wildman–Crippen MR) is 62.7 cm³/mol. The van der Waals surface area contributed by atoms with E-state index in [1.54, 1.807) is 12.1 Å². The Bertz CT molecular complexity index is 384. The number of benzene rings is 1. The van der Waals surface area contributed by atoms with Gasteiger partial charge < -0.3 is 5.11 Å². The summed E-state index contributed by atoms with van der Waals surface area (Å²) < 4.78 is 13.0. The zero-order valence-corrected chi connectivity index (χ0v) is 9.32. The van der Waals surface area contributed by atoms with Crippen molar-refractivity contribution < 1.29 is 9.50 Å². The second-order valence-electron chi connectivity index (χ2n) is 4.44. The Hall–Kier alpha value is -1.15. The summed E-state index contributed by atoms with van der Waals surface area (Å²) in [5.74, 6) is -0.188. The van der Waals surface area contributed by atoms with Gasteiger partial charge in [-0.1, -0.05) is 30.2 Å². The van der Waals surface area contributed by atoms with Crippen LogP contribution in [0.3, 0.4) is 0 Å². The Balaban J connectivity index is 2.08. The first-order chi connectivity index (χ1) is 7.74. The number of hydrogen-bond acceptors (Lipinski definition) is 1. The standard InChI is InChI=1S/C14H17FO/c15-13-6-3-5-11(9-13)8-12-4-1-2-7-14(16)10-12/h3,5-6,9-10,14,16H,1-2,4,7-8H2. The molecule has 0 aromatic heterocycles. The molecule has 0 amide bonds. The van der Waals surface area contributed by atoms with Crippen molar-refractivity contribution in [3.8, 4) is 0 Å². The van der Waals surface area contributed by atoms with E-state index < -0.39 is 0 Å². The minimum atomic E-state index is -0.314. The third-order valence-electron chi connectivity index (χ3n) is 3.00. The van der Waals surface area contributed by atoms with E-state index in [-0.39, 0.29) is 11.9 Å². The molecular formula is C14H17FO. The van der Waals surface area contributed by atoms with Crippen LogP contribution in [0, 0.1) is 5.82 Å². The summed E-state index contributed by atoms with van der Waals surface area (Å²) in [6, 6.07) is 6.69. The lowest BCUT2D eigenvalue weighted by Crippen LogP contribution is -2.01. The van der Waals surface area contributed by atoms with Gasteiger partial charge in [0.1, 0.15) is 5.82 Å². The first-order valence-electron chi connectivity index (χ1n) is 5.86. The van der Waals surface area contributed by atoms with Crippen LogP contribution < -0.4 is 0 Å². The molecule has 0 fully saturated rings. The van der Waals surface area contributed by atoms with Gasteiger partial charge in [0, 0.05) is 0 Å². The van der Waals surface area contributed by atoms with Crippen molar-refractivity contribution in [1.29, 1.82) is 0 Å². The van der Waals surface area contributed by atoms with Crippen LogP contribution in [-0.4, -0.2) is 11.2 Å². The number of hydrogen-bond donors (Lipinski definition) is 1. The maximum absolute atomic E-state index is 13.0. The molecular weight excluding hydrogens is 203 g/mol. The molecule has 0 saturated heterocycles. The van der Waals surface area contributed by atoms with Crippen LogP contribution in [0.1, 0.15) is 31.2 Å². The molecule has 2 heteroatoms. The summed E-state index contributed by atoms with van der Waals surface area (Å²) in [6.07, 6.45) is 6.46. The number of halogens is 1. The minimum absolute atomic E-state index is 0.188. The largest absolute Gasteiger partial charge is 0.389 e. The highest BCUT2D eigenvalue weighted by molar-refractivity contribution is 5.23. The average Bonchev–Trinajstić information content (AvgIpc) is 2.43. The van der Waals surface area contributed by atoms with Crippen molar-refractivity contribution in [2.45, 2.75) is 38.2 Å². The van der Waals surface area contributed by atoms with Gasteiger partial charge in [0.05, 0.1) is 6.10 Å². The van der Waals surface area contributed by atoms with Gasteiger partial charge in [0.15, 0.2) is 0 Å². The summed E-state index contributed by atoms with van der Waals surface area (Å²) in [5.41, 5.74) is 2.22. The van der Waals surface area contributed by atoms with Crippen LogP contribution in [0.2, 0.25) is 0 Å². The molecule has 0 radical (unpaired) electrons. The molecule has 0 saturated carbocycles. The van der Waals surface area contributed by atoms with Gasteiger partial charge in [-0.3, -0.25) is 0 Å². The smallest absolute Gasteiger partial charge is 0.123 e. The molecule has 1 unspecified atom stereocenters. The first kappa shape index (κ1) is 11.3. The molecule has 1 aliphatic carbocycles. The summed E-state index contributed by atoms with van der Waals surface area (Å²) in [5, 5.41) is 9.64. The van der Waals surface area contributed by atoms with Gasteiger partial charge >= 0.3 is 0 Å². The lowest BCUT2D eigenvalue weighted by molar-refractivity contribution is 0.211. The fourth-order valence-corrected chi connectivity index (χ4v) is 2.20. The molecule has 1 N–H and O–H groups in total. The molecule has 1 atom stereocenters. The van der Waals surface area contributed by atoms with Crippen molar-refractivity contribution in [3.05, 3.63) is 47.3 Å². The fourth-order valence-electron chi connectivity index (χ4n) is 2.20. The van der Waals surface area contributed by atoms with Crippen molar-refractivity contribution in [2.75, 3.05) is 0 Å². The molecule has 2 rings (SSSR count). The van der Waals surface area contributed by atoms with Gasteiger partial charge in [-0.05, 0) is 43.4 Å². The lowest BCUT2D eigenvalue weighted by Gasteiger charge is -2.06. The highest BCUT2D eigenvalue weighted by Crippen LogP contribution is 2.21. The molecule has 0 heterocycles. The van der Waals surface area contributed by atoms with Gasteiger partial charge in [-0.15, -0.1) is 0 Å². The average molecular weight is 220 g/mol. The molecule has 86 valence electrons. The van der Waals surface area contributed by atoms with Crippen molar-refractivity contribution in [1.82, 2.24) is 0 Å². The molecule has 1 aromatic rings. The highest BCUT2D eigenvalue weighted by atomic mass is 19.1. The van der Waals surface area contributed by atoms with E-state index in [1.165, 1.54) is 11.6 Å². The summed E-state index contributed by atoms with van der Waals surface area (Å²) in [4.78, 5) is 0. The quantitative estimate of drug-likeness (QED) is 0.759. The normalized spacial score (nSPS) is 21.4. The molecule has 1 aliphatic rings. The Labute approximate surface area is 95.6 Å². The first-order valence-corrected chi connectivity index (χ1v) is 5.86. The van der Waals surface area contributed by atoms with Gasteiger partial charge in [-0.2, -0.15) is 0 Å². The van der Waals surface area contributed by atoms with Crippen LogP contribution in [0.4, 0.5) is 4.39 Å². The summed E-state index contributed by atoms with van der Waals surface area (Å²) in [6.45, 7) is 0. The maximum Gasteiger partial charge on any atom is 0.123 e. The van der Waals surface area contributed by atoms with Crippen molar-refractivity contribution >= 4 is 0 Å². The van der Waals surface area contributed by atoms with E-state index >= 15 is 0 Å². The van der Waals surface area contributed by atoms with E-state index in [4.69, 9.17) is 0 Å². The van der Waals surface area contributed by atoms with Gasteiger partial charge in [0.2, 0.25) is 0 Å². The molecule has 0 spiro atoms. The zero-order valence-electron chi connectivity index (χ0n) is 9.32. The van der Waals surface area contributed by atoms with E-state index in [0.717, 1.165) is 37.7 Å². The van der Waals surface area contributed by atoms with Crippen molar-refractivity contribution in [2.24, 2.45) is 0 Å². The van der Waals surface area contributed by atoms with E-state index in [1.807, 2.05) is 12.1 Å². The second-order valence-corrected chi connectivity index (χ2v) is 4.44. The molecule has 0 aliphatic heterocycles. The van der Waals surface area contributed by atoms with Crippen LogP contribution in [0.25, 0.3) is 0 Å². The third-order valence-corrected chi connectivity index (χ3v) is 3.00.